The highest BCUT2D eigenvalue weighted by atomic mass is 16.5. The van der Waals surface area contributed by atoms with Gasteiger partial charge in [0.15, 0.2) is 12.8 Å². The van der Waals surface area contributed by atoms with Crippen LogP contribution in [-0.4, -0.2) is 17.5 Å². The van der Waals surface area contributed by atoms with Crippen LogP contribution in [0.2, 0.25) is 0 Å². The first kappa shape index (κ1) is 10.2. The average Bonchev–Trinajstić information content (AvgIpc) is 2.62. The molecule has 80 valence electrons. The maximum Gasteiger partial charge on any atom is 0.160 e. The van der Waals surface area contributed by atoms with Crippen LogP contribution in [0.5, 0.6) is 0 Å². The van der Waals surface area contributed by atoms with E-state index in [4.69, 9.17) is 0 Å². The lowest BCUT2D eigenvalue weighted by atomic mass is 9.86. The van der Waals surface area contributed by atoms with Crippen LogP contribution < -0.4 is 0 Å². The second-order valence-corrected chi connectivity index (χ2v) is 4.22. The van der Waals surface area contributed by atoms with Crippen molar-refractivity contribution >= 4 is 6.21 Å². The number of rotatable bonds is 3. The summed E-state index contributed by atoms with van der Waals surface area (Å²) in [6.45, 7) is 2.79. The van der Waals surface area contributed by atoms with E-state index in [-0.39, 0.29) is 0 Å². The Morgan fingerprint density at radius 2 is 2.07 bits per heavy atom. The largest absolute Gasteiger partial charge is 0.624 e. The Labute approximate surface area is 90.8 Å². The fourth-order valence-corrected chi connectivity index (χ4v) is 2.37. The van der Waals surface area contributed by atoms with Crippen LogP contribution >= 0.6 is 0 Å². The highest BCUT2D eigenvalue weighted by molar-refractivity contribution is 5.59. The molecule has 15 heavy (non-hydrogen) atoms. The molecule has 0 aliphatic carbocycles. The summed E-state index contributed by atoms with van der Waals surface area (Å²) < 4.78 is 1.10. The lowest BCUT2D eigenvalue weighted by Crippen LogP contribution is -2.11. The van der Waals surface area contributed by atoms with Crippen molar-refractivity contribution in [2.75, 3.05) is 6.54 Å². The monoisotopic (exact) mass is 203 g/mol. The minimum atomic E-state index is 0.392. The molecule has 0 unspecified atom stereocenters. The number of nitrogens with zero attached hydrogens (tertiary/aromatic N) is 1. The van der Waals surface area contributed by atoms with Crippen LogP contribution in [0, 0.1) is 11.1 Å². The zero-order valence-corrected chi connectivity index (χ0v) is 9.10. The highest BCUT2D eigenvalue weighted by Crippen LogP contribution is 2.30. The molecule has 0 saturated heterocycles. The summed E-state index contributed by atoms with van der Waals surface area (Å²) in [5.74, 6) is 0.818. The van der Waals surface area contributed by atoms with Gasteiger partial charge < -0.3 is 5.21 Å². The van der Waals surface area contributed by atoms with Gasteiger partial charge in [-0.25, -0.2) is 4.74 Å². The van der Waals surface area contributed by atoms with Gasteiger partial charge in [-0.1, -0.05) is 43.7 Å². The molecule has 1 aromatic rings. The first-order chi connectivity index (χ1) is 7.31. The van der Waals surface area contributed by atoms with Gasteiger partial charge in [-0.15, -0.1) is 0 Å². The van der Waals surface area contributed by atoms with Gasteiger partial charge in [-0.3, -0.25) is 0 Å². The third-order valence-corrected chi connectivity index (χ3v) is 3.10. The van der Waals surface area contributed by atoms with Crippen LogP contribution in [0.3, 0.4) is 0 Å². The summed E-state index contributed by atoms with van der Waals surface area (Å²) in [6.07, 6.45) is 4.10. The molecule has 1 aliphatic heterocycles. The summed E-state index contributed by atoms with van der Waals surface area (Å²) in [5.41, 5.74) is 1.30. The molecule has 0 saturated carbocycles. The van der Waals surface area contributed by atoms with E-state index in [1.54, 1.807) is 0 Å². The van der Waals surface area contributed by atoms with Gasteiger partial charge in [0.1, 0.15) is 0 Å². The van der Waals surface area contributed by atoms with Crippen LogP contribution in [0.4, 0.5) is 0 Å². The number of hydroxylamine groups is 1. The van der Waals surface area contributed by atoms with E-state index in [1.807, 2.05) is 24.4 Å². The standard InChI is InChI=1S/C13H17NO/c1-2-6-12-9-14(15)10-13(12)11-7-4-3-5-8-11/h3-5,7-9,12-13H,2,6,10H2,1H3/t12-,13+/m0/s1. The van der Waals surface area contributed by atoms with Crippen molar-refractivity contribution in [3.05, 3.63) is 41.1 Å². The van der Waals surface area contributed by atoms with E-state index in [2.05, 4.69) is 19.1 Å². The van der Waals surface area contributed by atoms with Crippen molar-refractivity contribution in [2.45, 2.75) is 25.7 Å². The average molecular weight is 203 g/mol. The maximum atomic E-state index is 11.4. The smallest absolute Gasteiger partial charge is 0.160 e. The minimum Gasteiger partial charge on any atom is -0.624 e. The predicted molar refractivity (Wildman–Crippen MR) is 62.1 cm³/mol. The fourth-order valence-electron chi connectivity index (χ4n) is 2.37. The number of benzene rings is 1. The SMILES string of the molecule is CCC[C@H]1C=[N+]([O-])C[C@@H]1c1ccccc1. The molecule has 0 spiro atoms. The second kappa shape index (κ2) is 4.47. The molecule has 2 nitrogen and oxygen atoms in total. The molecule has 2 rings (SSSR count). The summed E-state index contributed by atoms with van der Waals surface area (Å²) >= 11 is 0. The molecular formula is C13H17NO. The molecule has 0 amide bonds. The molecule has 0 radical (unpaired) electrons. The van der Waals surface area contributed by atoms with E-state index in [0.717, 1.165) is 17.6 Å². The summed E-state index contributed by atoms with van der Waals surface area (Å²) in [7, 11) is 0. The zero-order valence-electron chi connectivity index (χ0n) is 9.10. The van der Waals surface area contributed by atoms with Crippen molar-refractivity contribution in [3.63, 3.8) is 0 Å². The van der Waals surface area contributed by atoms with Gasteiger partial charge in [-0.2, -0.15) is 0 Å². The fraction of sp³-hybridized carbons (Fsp3) is 0.462. The predicted octanol–water partition coefficient (Wildman–Crippen LogP) is 2.78. The topological polar surface area (TPSA) is 26.1 Å². The van der Waals surface area contributed by atoms with Crippen LogP contribution in [0.25, 0.3) is 0 Å². The minimum absolute atomic E-state index is 0.392. The van der Waals surface area contributed by atoms with Gasteiger partial charge in [0.25, 0.3) is 0 Å². The Bertz CT molecular complexity index is 345. The van der Waals surface area contributed by atoms with Gasteiger partial charge in [0.2, 0.25) is 0 Å². The summed E-state index contributed by atoms with van der Waals surface area (Å²) in [6, 6.07) is 10.4. The Morgan fingerprint density at radius 3 is 2.73 bits per heavy atom. The highest BCUT2D eigenvalue weighted by Gasteiger charge is 2.31. The van der Waals surface area contributed by atoms with E-state index in [1.165, 1.54) is 5.56 Å². The van der Waals surface area contributed by atoms with Gasteiger partial charge in [0, 0.05) is 0 Å². The number of hydrogen-bond donors (Lipinski definition) is 0. The third-order valence-electron chi connectivity index (χ3n) is 3.10. The van der Waals surface area contributed by atoms with Crippen LogP contribution in [0.15, 0.2) is 30.3 Å². The van der Waals surface area contributed by atoms with Gasteiger partial charge in [-0.05, 0) is 12.0 Å². The summed E-state index contributed by atoms with van der Waals surface area (Å²) in [5, 5.41) is 11.4. The lowest BCUT2D eigenvalue weighted by Gasteiger charge is -2.14. The molecule has 1 aliphatic rings. The maximum absolute atomic E-state index is 11.4. The normalized spacial score (nSPS) is 25.3. The molecule has 0 aromatic heterocycles. The van der Waals surface area contributed by atoms with E-state index in [0.29, 0.717) is 18.4 Å². The molecule has 1 aromatic carbocycles. The molecular weight excluding hydrogens is 186 g/mol. The van der Waals surface area contributed by atoms with Crippen molar-refractivity contribution in [1.82, 2.24) is 0 Å². The molecule has 1 heterocycles. The second-order valence-electron chi connectivity index (χ2n) is 4.22. The Hall–Kier alpha value is -1.31. The van der Waals surface area contributed by atoms with Crippen LogP contribution in [0.1, 0.15) is 31.2 Å². The van der Waals surface area contributed by atoms with E-state index >= 15 is 0 Å². The van der Waals surface area contributed by atoms with Crippen molar-refractivity contribution < 1.29 is 4.74 Å². The summed E-state index contributed by atoms with van der Waals surface area (Å²) in [4.78, 5) is 0. The lowest BCUT2D eigenvalue weighted by molar-refractivity contribution is -0.446. The van der Waals surface area contributed by atoms with Crippen molar-refractivity contribution in [2.24, 2.45) is 5.92 Å². The molecule has 2 heteroatoms. The zero-order chi connectivity index (χ0) is 10.7. The van der Waals surface area contributed by atoms with E-state index < -0.39 is 0 Å². The molecule has 0 N–H and O–H groups in total. The van der Waals surface area contributed by atoms with Crippen molar-refractivity contribution in [3.8, 4) is 0 Å². The first-order valence-electron chi connectivity index (χ1n) is 5.65. The Morgan fingerprint density at radius 1 is 1.33 bits per heavy atom. The molecule has 0 bridgehead atoms. The quantitative estimate of drug-likeness (QED) is 0.548. The van der Waals surface area contributed by atoms with E-state index in [9.17, 15) is 5.21 Å². The molecule has 0 fully saturated rings. The Kier molecular flexibility index (Phi) is 3.05. The van der Waals surface area contributed by atoms with Crippen LogP contribution in [-0.2, 0) is 0 Å². The Balaban J connectivity index is 2.16. The molecule has 2 atom stereocenters. The van der Waals surface area contributed by atoms with Gasteiger partial charge in [0.05, 0.1) is 11.8 Å². The number of hydrogen-bond acceptors (Lipinski definition) is 1. The van der Waals surface area contributed by atoms with Gasteiger partial charge >= 0.3 is 0 Å². The van der Waals surface area contributed by atoms with Crippen molar-refractivity contribution in [1.29, 1.82) is 0 Å². The third kappa shape index (κ3) is 2.20. The first-order valence-corrected chi connectivity index (χ1v) is 5.65.